The van der Waals surface area contributed by atoms with E-state index in [1.165, 1.54) is 11.1 Å². The number of aliphatic imine (C=N–C) groups is 1. The van der Waals surface area contributed by atoms with E-state index in [4.69, 9.17) is 9.73 Å². The van der Waals surface area contributed by atoms with Gasteiger partial charge in [-0.05, 0) is 42.3 Å². The maximum Gasteiger partial charge on any atom is 0.132 e. The van der Waals surface area contributed by atoms with Crippen molar-refractivity contribution in [3.05, 3.63) is 102 Å². The Kier molecular flexibility index (Phi) is 4.68. The molecule has 0 fully saturated rings. The molecular weight excluding hydrogens is 332 g/mol. The fraction of sp³-hybridized carbons (Fsp3) is 0.208. The van der Waals surface area contributed by atoms with Crippen molar-refractivity contribution >= 4 is 5.84 Å². The van der Waals surface area contributed by atoms with Crippen LogP contribution in [0.15, 0.2) is 89.9 Å². The number of methoxy groups -OCH3 is 1. The first-order valence-electron chi connectivity index (χ1n) is 9.27. The number of nitrogens with zero attached hydrogens (tertiary/aromatic N) is 2. The molecule has 27 heavy (non-hydrogen) atoms. The molecule has 1 unspecified atom stereocenters. The molecule has 3 aromatic carbocycles. The standard InChI is InChI=1S/C24H24N2O/c1-24(21-11-7-4-8-12-21)18-26(17-19-9-5-3-6-10-19)23(25-24)20-13-15-22(27-2)16-14-20/h3-16H,17-18H2,1-2H3. The number of ether oxygens (including phenoxy) is 1. The van der Waals surface area contributed by atoms with Gasteiger partial charge in [0, 0.05) is 18.7 Å². The average molecular weight is 356 g/mol. The maximum absolute atomic E-state index is 5.31. The fourth-order valence-corrected chi connectivity index (χ4v) is 3.66. The van der Waals surface area contributed by atoms with Gasteiger partial charge >= 0.3 is 0 Å². The van der Waals surface area contributed by atoms with Crippen molar-refractivity contribution in [1.29, 1.82) is 0 Å². The first kappa shape index (κ1) is 17.3. The fourth-order valence-electron chi connectivity index (χ4n) is 3.66. The van der Waals surface area contributed by atoms with Gasteiger partial charge in [-0.25, -0.2) is 0 Å². The summed E-state index contributed by atoms with van der Waals surface area (Å²) in [7, 11) is 1.69. The van der Waals surface area contributed by atoms with E-state index in [0.717, 1.165) is 30.2 Å². The quantitative estimate of drug-likeness (QED) is 0.651. The maximum atomic E-state index is 5.31. The van der Waals surface area contributed by atoms with Crippen LogP contribution in [-0.2, 0) is 12.1 Å². The second kappa shape index (κ2) is 7.28. The first-order chi connectivity index (χ1) is 13.2. The minimum absolute atomic E-state index is 0.259. The van der Waals surface area contributed by atoms with E-state index < -0.39 is 0 Å². The summed E-state index contributed by atoms with van der Waals surface area (Å²) in [5.41, 5.74) is 3.39. The molecule has 0 aromatic heterocycles. The van der Waals surface area contributed by atoms with Crippen molar-refractivity contribution in [3.63, 3.8) is 0 Å². The van der Waals surface area contributed by atoms with Gasteiger partial charge in [0.2, 0.25) is 0 Å². The van der Waals surface area contributed by atoms with Crippen LogP contribution in [0.25, 0.3) is 0 Å². The molecule has 0 amide bonds. The summed E-state index contributed by atoms with van der Waals surface area (Å²) in [6.45, 7) is 3.91. The lowest BCUT2D eigenvalue weighted by atomic mass is 9.93. The van der Waals surface area contributed by atoms with Crippen molar-refractivity contribution in [2.75, 3.05) is 13.7 Å². The van der Waals surface area contributed by atoms with Gasteiger partial charge in [-0.3, -0.25) is 4.99 Å². The highest BCUT2D eigenvalue weighted by Gasteiger charge is 2.37. The molecule has 1 atom stereocenters. The number of amidine groups is 1. The molecule has 1 heterocycles. The van der Waals surface area contributed by atoms with Gasteiger partial charge in [-0.2, -0.15) is 0 Å². The zero-order valence-electron chi connectivity index (χ0n) is 15.8. The van der Waals surface area contributed by atoms with E-state index in [1.807, 2.05) is 12.1 Å². The second-order valence-corrected chi connectivity index (χ2v) is 7.15. The molecule has 0 saturated heterocycles. The van der Waals surface area contributed by atoms with Gasteiger partial charge in [-0.1, -0.05) is 60.7 Å². The predicted octanol–water partition coefficient (Wildman–Crippen LogP) is 4.87. The molecule has 3 heteroatoms. The second-order valence-electron chi connectivity index (χ2n) is 7.15. The molecular formula is C24H24N2O. The molecule has 0 N–H and O–H groups in total. The van der Waals surface area contributed by atoms with Crippen molar-refractivity contribution in [1.82, 2.24) is 4.90 Å². The molecule has 3 aromatic rings. The molecule has 0 radical (unpaired) electrons. The highest BCUT2D eigenvalue weighted by Crippen LogP contribution is 2.34. The minimum atomic E-state index is -0.259. The summed E-state index contributed by atoms with van der Waals surface area (Å²) in [6, 6.07) is 29.3. The minimum Gasteiger partial charge on any atom is -0.497 e. The average Bonchev–Trinajstić information content (AvgIpc) is 3.07. The van der Waals surface area contributed by atoms with Crippen molar-refractivity contribution in [2.45, 2.75) is 19.0 Å². The highest BCUT2D eigenvalue weighted by atomic mass is 16.5. The van der Waals surface area contributed by atoms with E-state index in [1.54, 1.807) is 7.11 Å². The Labute approximate surface area is 160 Å². The summed E-state index contributed by atoms with van der Waals surface area (Å²) < 4.78 is 5.31. The van der Waals surface area contributed by atoms with Crippen LogP contribution in [0.2, 0.25) is 0 Å². The Balaban J connectivity index is 1.72. The number of rotatable bonds is 5. The predicted molar refractivity (Wildman–Crippen MR) is 110 cm³/mol. The molecule has 1 aliphatic rings. The van der Waals surface area contributed by atoms with Crippen LogP contribution < -0.4 is 4.74 Å². The third-order valence-electron chi connectivity index (χ3n) is 5.11. The van der Waals surface area contributed by atoms with Crippen molar-refractivity contribution < 1.29 is 4.74 Å². The van der Waals surface area contributed by atoms with Crippen LogP contribution >= 0.6 is 0 Å². The van der Waals surface area contributed by atoms with E-state index in [-0.39, 0.29) is 5.54 Å². The summed E-state index contributed by atoms with van der Waals surface area (Å²) in [4.78, 5) is 7.57. The monoisotopic (exact) mass is 356 g/mol. The lowest BCUT2D eigenvalue weighted by molar-refractivity contribution is 0.358. The summed E-state index contributed by atoms with van der Waals surface area (Å²) in [6.07, 6.45) is 0. The summed E-state index contributed by atoms with van der Waals surface area (Å²) >= 11 is 0. The first-order valence-corrected chi connectivity index (χ1v) is 9.27. The zero-order valence-corrected chi connectivity index (χ0v) is 15.8. The van der Waals surface area contributed by atoms with Crippen molar-refractivity contribution in [2.24, 2.45) is 4.99 Å². The smallest absolute Gasteiger partial charge is 0.132 e. The molecule has 0 aliphatic carbocycles. The van der Waals surface area contributed by atoms with Crippen LogP contribution in [0.5, 0.6) is 5.75 Å². The largest absolute Gasteiger partial charge is 0.497 e. The third-order valence-corrected chi connectivity index (χ3v) is 5.11. The molecule has 0 bridgehead atoms. The van der Waals surface area contributed by atoms with Crippen LogP contribution in [0.3, 0.4) is 0 Å². The highest BCUT2D eigenvalue weighted by molar-refractivity contribution is 6.00. The molecule has 3 nitrogen and oxygen atoms in total. The van der Waals surface area contributed by atoms with Crippen molar-refractivity contribution in [3.8, 4) is 5.75 Å². The Bertz CT molecular complexity index is 920. The zero-order chi connectivity index (χ0) is 18.7. The molecule has 4 rings (SSSR count). The number of benzene rings is 3. The molecule has 1 aliphatic heterocycles. The van der Waals surface area contributed by atoms with E-state index >= 15 is 0 Å². The van der Waals surface area contributed by atoms with E-state index in [9.17, 15) is 0 Å². The topological polar surface area (TPSA) is 24.8 Å². The van der Waals surface area contributed by atoms with Gasteiger partial charge in [0.15, 0.2) is 0 Å². The normalized spacial score (nSPS) is 19.0. The van der Waals surface area contributed by atoms with Gasteiger partial charge in [0.25, 0.3) is 0 Å². The molecule has 0 saturated carbocycles. The van der Waals surface area contributed by atoms with Gasteiger partial charge in [0.05, 0.1) is 7.11 Å². The summed E-state index contributed by atoms with van der Waals surface area (Å²) in [5, 5.41) is 0. The van der Waals surface area contributed by atoms with Crippen LogP contribution in [-0.4, -0.2) is 24.4 Å². The SMILES string of the molecule is COc1ccc(C2=NC(C)(c3ccccc3)CN2Cc2ccccc2)cc1. The van der Waals surface area contributed by atoms with E-state index in [2.05, 4.69) is 84.6 Å². The molecule has 136 valence electrons. The van der Waals surface area contributed by atoms with Crippen LogP contribution in [0.1, 0.15) is 23.6 Å². The van der Waals surface area contributed by atoms with Gasteiger partial charge in [0.1, 0.15) is 17.1 Å². The lowest BCUT2D eigenvalue weighted by Crippen LogP contribution is -2.32. The van der Waals surface area contributed by atoms with Crippen LogP contribution in [0, 0.1) is 0 Å². The Morgan fingerprint density at radius 1 is 0.889 bits per heavy atom. The Morgan fingerprint density at radius 3 is 2.15 bits per heavy atom. The summed E-state index contributed by atoms with van der Waals surface area (Å²) in [5.74, 6) is 1.89. The van der Waals surface area contributed by atoms with Gasteiger partial charge < -0.3 is 9.64 Å². The van der Waals surface area contributed by atoms with Gasteiger partial charge in [-0.15, -0.1) is 0 Å². The Hall–Kier alpha value is -3.07. The van der Waals surface area contributed by atoms with E-state index in [0.29, 0.717) is 0 Å². The number of hydrogen-bond donors (Lipinski definition) is 0. The lowest BCUT2D eigenvalue weighted by Gasteiger charge is -2.25. The van der Waals surface area contributed by atoms with Crippen LogP contribution in [0.4, 0.5) is 0 Å². The Morgan fingerprint density at radius 2 is 1.52 bits per heavy atom. The third kappa shape index (κ3) is 3.59. The number of hydrogen-bond acceptors (Lipinski definition) is 3. The molecule has 0 spiro atoms.